The van der Waals surface area contributed by atoms with Gasteiger partial charge in [-0.2, -0.15) is 4.31 Å². The molecule has 0 saturated carbocycles. The standard InChI is InChI=1S/C11H18N4O3S/c1-3-9-8-15(4-5-18-9)19(16,17)10-6-13-11(12-2)14-7-10/h6-7,9H,3-5,8H2,1-2H3,(H,12,13,14). The predicted molar refractivity (Wildman–Crippen MR) is 70.4 cm³/mol. The summed E-state index contributed by atoms with van der Waals surface area (Å²) in [6.45, 7) is 3.15. The van der Waals surface area contributed by atoms with Gasteiger partial charge in [-0.05, 0) is 6.42 Å². The van der Waals surface area contributed by atoms with Gasteiger partial charge in [-0.15, -0.1) is 0 Å². The number of ether oxygens (including phenoxy) is 1. The Balaban J connectivity index is 2.20. The lowest BCUT2D eigenvalue weighted by Crippen LogP contribution is -2.45. The summed E-state index contributed by atoms with van der Waals surface area (Å²) in [4.78, 5) is 7.99. The van der Waals surface area contributed by atoms with Gasteiger partial charge in [-0.1, -0.05) is 6.92 Å². The molecule has 1 aliphatic heterocycles. The maximum absolute atomic E-state index is 12.4. The molecule has 1 aromatic rings. The highest BCUT2D eigenvalue weighted by Gasteiger charge is 2.30. The summed E-state index contributed by atoms with van der Waals surface area (Å²) in [7, 11) is -1.85. The molecule has 0 amide bonds. The number of hydrogen-bond donors (Lipinski definition) is 1. The molecule has 0 radical (unpaired) electrons. The van der Waals surface area contributed by atoms with Crippen molar-refractivity contribution in [3.8, 4) is 0 Å². The maximum Gasteiger partial charge on any atom is 0.246 e. The Hall–Kier alpha value is -1.25. The zero-order chi connectivity index (χ0) is 13.9. The molecule has 1 N–H and O–H groups in total. The van der Waals surface area contributed by atoms with Crippen molar-refractivity contribution in [3.63, 3.8) is 0 Å². The molecule has 2 heterocycles. The zero-order valence-electron chi connectivity index (χ0n) is 11.0. The molecular formula is C11H18N4O3S. The van der Waals surface area contributed by atoms with Crippen molar-refractivity contribution in [1.29, 1.82) is 0 Å². The van der Waals surface area contributed by atoms with Crippen molar-refractivity contribution in [3.05, 3.63) is 12.4 Å². The van der Waals surface area contributed by atoms with E-state index in [1.807, 2.05) is 6.92 Å². The third-order valence-corrected chi connectivity index (χ3v) is 4.86. The number of aromatic nitrogens is 2. The van der Waals surface area contributed by atoms with Crippen LogP contribution in [0.4, 0.5) is 5.95 Å². The fraction of sp³-hybridized carbons (Fsp3) is 0.636. The highest BCUT2D eigenvalue weighted by atomic mass is 32.2. The van der Waals surface area contributed by atoms with Gasteiger partial charge in [-0.25, -0.2) is 18.4 Å². The van der Waals surface area contributed by atoms with Crippen LogP contribution in [0.5, 0.6) is 0 Å². The fourth-order valence-electron chi connectivity index (χ4n) is 1.89. The van der Waals surface area contributed by atoms with Crippen LogP contribution in [0.15, 0.2) is 17.3 Å². The number of nitrogens with one attached hydrogen (secondary N) is 1. The minimum Gasteiger partial charge on any atom is -0.375 e. The number of rotatable bonds is 4. The number of anilines is 1. The van der Waals surface area contributed by atoms with E-state index in [1.165, 1.54) is 16.7 Å². The van der Waals surface area contributed by atoms with Crippen LogP contribution >= 0.6 is 0 Å². The molecule has 19 heavy (non-hydrogen) atoms. The van der Waals surface area contributed by atoms with E-state index in [4.69, 9.17) is 4.74 Å². The molecular weight excluding hydrogens is 268 g/mol. The number of nitrogens with zero attached hydrogens (tertiary/aromatic N) is 3. The van der Waals surface area contributed by atoms with E-state index in [-0.39, 0.29) is 11.0 Å². The molecule has 0 aromatic carbocycles. The normalized spacial score (nSPS) is 21.3. The van der Waals surface area contributed by atoms with Gasteiger partial charge in [-0.3, -0.25) is 0 Å². The van der Waals surface area contributed by atoms with Gasteiger partial charge < -0.3 is 10.1 Å². The van der Waals surface area contributed by atoms with Crippen LogP contribution in [0, 0.1) is 0 Å². The second kappa shape index (κ2) is 5.81. The molecule has 1 fully saturated rings. The van der Waals surface area contributed by atoms with Crippen molar-refractivity contribution < 1.29 is 13.2 Å². The second-order valence-electron chi connectivity index (χ2n) is 4.26. The lowest BCUT2D eigenvalue weighted by molar-refractivity contribution is -0.00278. The molecule has 1 aliphatic rings. The minimum atomic E-state index is -3.53. The van der Waals surface area contributed by atoms with Crippen molar-refractivity contribution in [2.45, 2.75) is 24.3 Å². The van der Waals surface area contributed by atoms with Crippen LogP contribution in [-0.4, -0.2) is 55.5 Å². The Labute approximate surface area is 113 Å². The van der Waals surface area contributed by atoms with Crippen LogP contribution in [-0.2, 0) is 14.8 Å². The monoisotopic (exact) mass is 286 g/mol. The molecule has 106 valence electrons. The Morgan fingerprint density at radius 2 is 2.16 bits per heavy atom. The Kier molecular flexibility index (Phi) is 4.33. The zero-order valence-corrected chi connectivity index (χ0v) is 11.9. The summed E-state index contributed by atoms with van der Waals surface area (Å²) >= 11 is 0. The summed E-state index contributed by atoms with van der Waals surface area (Å²) in [6, 6.07) is 0. The molecule has 7 nitrogen and oxygen atoms in total. The molecule has 1 saturated heterocycles. The Morgan fingerprint density at radius 3 is 2.74 bits per heavy atom. The van der Waals surface area contributed by atoms with Crippen molar-refractivity contribution in [2.24, 2.45) is 0 Å². The van der Waals surface area contributed by atoms with E-state index >= 15 is 0 Å². The number of hydrogen-bond acceptors (Lipinski definition) is 6. The summed E-state index contributed by atoms with van der Waals surface area (Å²) in [5.74, 6) is 0.396. The average Bonchev–Trinajstić information content (AvgIpc) is 2.47. The topological polar surface area (TPSA) is 84.4 Å². The Morgan fingerprint density at radius 1 is 1.47 bits per heavy atom. The number of morpholine rings is 1. The van der Waals surface area contributed by atoms with E-state index < -0.39 is 10.0 Å². The summed E-state index contributed by atoms with van der Waals surface area (Å²) in [5.41, 5.74) is 0. The first kappa shape index (κ1) is 14.2. The fourth-order valence-corrected chi connectivity index (χ4v) is 3.23. The van der Waals surface area contributed by atoms with Gasteiger partial charge in [0.25, 0.3) is 0 Å². The molecule has 2 rings (SSSR count). The molecule has 1 atom stereocenters. The van der Waals surface area contributed by atoms with Gasteiger partial charge in [0.05, 0.1) is 25.1 Å². The van der Waals surface area contributed by atoms with E-state index in [0.29, 0.717) is 25.6 Å². The lowest BCUT2D eigenvalue weighted by atomic mass is 10.2. The first-order valence-corrected chi connectivity index (χ1v) is 7.63. The third-order valence-electron chi connectivity index (χ3n) is 3.05. The van der Waals surface area contributed by atoms with E-state index in [9.17, 15) is 8.42 Å². The third kappa shape index (κ3) is 3.02. The van der Waals surface area contributed by atoms with Crippen molar-refractivity contribution >= 4 is 16.0 Å². The second-order valence-corrected chi connectivity index (χ2v) is 6.19. The summed E-state index contributed by atoms with van der Waals surface area (Å²) < 4.78 is 31.7. The first-order chi connectivity index (χ1) is 9.07. The van der Waals surface area contributed by atoms with Crippen LogP contribution in [0.25, 0.3) is 0 Å². The molecule has 0 spiro atoms. The highest BCUT2D eigenvalue weighted by Crippen LogP contribution is 2.18. The summed E-state index contributed by atoms with van der Waals surface area (Å²) in [5, 5.41) is 2.75. The van der Waals surface area contributed by atoms with Crippen LogP contribution in [0.3, 0.4) is 0 Å². The van der Waals surface area contributed by atoms with Crippen LogP contribution < -0.4 is 5.32 Å². The lowest BCUT2D eigenvalue weighted by Gasteiger charge is -2.31. The van der Waals surface area contributed by atoms with Gasteiger partial charge >= 0.3 is 0 Å². The first-order valence-electron chi connectivity index (χ1n) is 6.19. The van der Waals surface area contributed by atoms with Crippen molar-refractivity contribution in [1.82, 2.24) is 14.3 Å². The van der Waals surface area contributed by atoms with E-state index in [1.54, 1.807) is 7.05 Å². The largest absolute Gasteiger partial charge is 0.375 e. The number of sulfonamides is 1. The van der Waals surface area contributed by atoms with E-state index in [2.05, 4.69) is 15.3 Å². The molecule has 0 aliphatic carbocycles. The molecule has 1 aromatic heterocycles. The smallest absolute Gasteiger partial charge is 0.246 e. The quantitative estimate of drug-likeness (QED) is 0.858. The van der Waals surface area contributed by atoms with Gasteiger partial charge in [0.15, 0.2) is 0 Å². The van der Waals surface area contributed by atoms with E-state index in [0.717, 1.165) is 6.42 Å². The molecule has 8 heteroatoms. The average molecular weight is 286 g/mol. The minimum absolute atomic E-state index is 0.0407. The van der Waals surface area contributed by atoms with Gasteiger partial charge in [0, 0.05) is 20.1 Å². The van der Waals surface area contributed by atoms with Gasteiger partial charge in [0.2, 0.25) is 16.0 Å². The molecule has 0 bridgehead atoms. The van der Waals surface area contributed by atoms with Crippen LogP contribution in [0.1, 0.15) is 13.3 Å². The summed E-state index contributed by atoms with van der Waals surface area (Å²) in [6.07, 6.45) is 3.40. The van der Waals surface area contributed by atoms with Crippen LogP contribution in [0.2, 0.25) is 0 Å². The predicted octanol–water partition coefficient (Wildman–Crippen LogP) is 0.318. The molecule has 1 unspecified atom stereocenters. The van der Waals surface area contributed by atoms with Crippen molar-refractivity contribution in [2.75, 3.05) is 32.1 Å². The highest BCUT2D eigenvalue weighted by molar-refractivity contribution is 7.89. The SMILES string of the molecule is CCC1CN(S(=O)(=O)c2cnc(NC)nc2)CCO1. The Bertz CT molecular complexity index is 517. The van der Waals surface area contributed by atoms with Gasteiger partial charge in [0.1, 0.15) is 4.90 Å². The maximum atomic E-state index is 12.4.